The SMILES string of the molecule is COc1cc2c(cc1C=NNc1ccc([N+](=O)[O-])cc1[N+](=O)[O-])OCC2. The fraction of sp³-hybridized carbons (Fsp3) is 0.188. The Morgan fingerprint density at radius 2 is 2.04 bits per heavy atom. The Morgan fingerprint density at radius 1 is 1.23 bits per heavy atom. The molecule has 0 aliphatic carbocycles. The predicted molar refractivity (Wildman–Crippen MR) is 93.2 cm³/mol. The summed E-state index contributed by atoms with van der Waals surface area (Å²) in [6.45, 7) is 0.603. The van der Waals surface area contributed by atoms with Crippen molar-refractivity contribution in [2.75, 3.05) is 19.1 Å². The molecule has 0 saturated carbocycles. The first kappa shape index (κ1) is 17.1. The average molecular weight is 358 g/mol. The normalized spacial score (nSPS) is 12.5. The van der Waals surface area contributed by atoms with Gasteiger partial charge in [-0.2, -0.15) is 5.10 Å². The van der Waals surface area contributed by atoms with Gasteiger partial charge in [0.05, 0.1) is 35.8 Å². The molecule has 3 rings (SSSR count). The van der Waals surface area contributed by atoms with E-state index in [0.717, 1.165) is 29.9 Å². The smallest absolute Gasteiger partial charge is 0.301 e. The zero-order valence-electron chi connectivity index (χ0n) is 13.7. The first-order valence-electron chi connectivity index (χ1n) is 7.55. The van der Waals surface area contributed by atoms with E-state index in [-0.39, 0.29) is 11.4 Å². The third-order valence-electron chi connectivity index (χ3n) is 3.82. The van der Waals surface area contributed by atoms with Crippen molar-refractivity contribution in [1.29, 1.82) is 0 Å². The maximum absolute atomic E-state index is 11.1. The number of nitrogens with zero attached hydrogens (tertiary/aromatic N) is 3. The largest absolute Gasteiger partial charge is 0.496 e. The summed E-state index contributed by atoms with van der Waals surface area (Å²) >= 11 is 0. The molecule has 0 atom stereocenters. The maximum Gasteiger partial charge on any atom is 0.301 e. The first-order valence-corrected chi connectivity index (χ1v) is 7.55. The number of rotatable bonds is 6. The van der Waals surface area contributed by atoms with Crippen LogP contribution >= 0.6 is 0 Å². The Balaban J connectivity index is 1.85. The van der Waals surface area contributed by atoms with Crippen molar-refractivity contribution in [3.8, 4) is 11.5 Å². The summed E-state index contributed by atoms with van der Waals surface area (Å²) in [5.74, 6) is 1.34. The fourth-order valence-corrected chi connectivity index (χ4v) is 2.55. The summed E-state index contributed by atoms with van der Waals surface area (Å²) < 4.78 is 10.8. The van der Waals surface area contributed by atoms with Gasteiger partial charge in [-0.25, -0.2) is 0 Å². The van der Waals surface area contributed by atoms with Gasteiger partial charge in [0, 0.05) is 23.6 Å². The highest BCUT2D eigenvalue weighted by Crippen LogP contribution is 2.32. The van der Waals surface area contributed by atoms with E-state index >= 15 is 0 Å². The molecule has 2 aromatic rings. The van der Waals surface area contributed by atoms with Crippen molar-refractivity contribution in [2.45, 2.75) is 6.42 Å². The number of nitro groups is 2. The molecule has 0 amide bonds. The second kappa shape index (κ2) is 7.05. The topological polar surface area (TPSA) is 129 Å². The minimum absolute atomic E-state index is 0.0354. The van der Waals surface area contributed by atoms with Crippen molar-refractivity contribution in [2.24, 2.45) is 5.10 Å². The molecule has 26 heavy (non-hydrogen) atoms. The minimum atomic E-state index is -0.714. The fourth-order valence-electron chi connectivity index (χ4n) is 2.55. The molecule has 0 unspecified atom stereocenters. The van der Waals surface area contributed by atoms with Crippen LogP contribution in [0.2, 0.25) is 0 Å². The Kier molecular flexibility index (Phi) is 4.65. The number of hydrogen-bond donors (Lipinski definition) is 1. The number of non-ortho nitro benzene ring substituents is 1. The van der Waals surface area contributed by atoms with Crippen LogP contribution in [0.15, 0.2) is 35.4 Å². The van der Waals surface area contributed by atoms with Crippen LogP contribution in [-0.2, 0) is 6.42 Å². The number of fused-ring (bicyclic) bond motifs is 1. The zero-order valence-corrected chi connectivity index (χ0v) is 13.7. The van der Waals surface area contributed by atoms with Gasteiger partial charge in [0.1, 0.15) is 17.2 Å². The lowest BCUT2D eigenvalue weighted by atomic mass is 10.1. The Bertz CT molecular complexity index is 912. The molecule has 1 aliphatic rings. The van der Waals surface area contributed by atoms with Gasteiger partial charge in [0.2, 0.25) is 0 Å². The van der Waals surface area contributed by atoms with E-state index in [1.54, 1.807) is 6.07 Å². The molecule has 0 bridgehead atoms. The number of benzene rings is 2. The van der Waals surface area contributed by atoms with E-state index in [1.165, 1.54) is 19.4 Å². The predicted octanol–water partition coefficient (Wildman–Crippen LogP) is 2.89. The van der Waals surface area contributed by atoms with Crippen LogP contribution in [0.1, 0.15) is 11.1 Å². The Labute approximate surface area is 147 Å². The number of anilines is 1. The van der Waals surface area contributed by atoms with E-state index in [1.807, 2.05) is 6.07 Å². The molecular weight excluding hydrogens is 344 g/mol. The average Bonchev–Trinajstić information content (AvgIpc) is 3.08. The van der Waals surface area contributed by atoms with E-state index < -0.39 is 15.5 Å². The van der Waals surface area contributed by atoms with Gasteiger partial charge in [0.25, 0.3) is 5.69 Å². The van der Waals surface area contributed by atoms with Gasteiger partial charge in [0.15, 0.2) is 0 Å². The van der Waals surface area contributed by atoms with Crippen LogP contribution in [-0.4, -0.2) is 29.8 Å². The van der Waals surface area contributed by atoms with E-state index in [9.17, 15) is 20.2 Å². The van der Waals surface area contributed by atoms with Crippen LogP contribution in [0.4, 0.5) is 17.1 Å². The van der Waals surface area contributed by atoms with Crippen LogP contribution in [0.5, 0.6) is 11.5 Å². The monoisotopic (exact) mass is 358 g/mol. The summed E-state index contributed by atoms with van der Waals surface area (Å²) in [6, 6.07) is 6.90. The van der Waals surface area contributed by atoms with Crippen LogP contribution in [0.25, 0.3) is 0 Å². The Morgan fingerprint density at radius 3 is 2.73 bits per heavy atom. The van der Waals surface area contributed by atoms with Crippen molar-refractivity contribution in [3.05, 3.63) is 61.7 Å². The molecular formula is C16H14N4O6. The summed E-state index contributed by atoms with van der Waals surface area (Å²) in [5.41, 5.74) is 3.43. The summed E-state index contributed by atoms with van der Waals surface area (Å²) in [7, 11) is 1.53. The summed E-state index contributed by atoms with van der Waals surface area (Å²) in [4.78, 5) is 20.5. The lowest BCUT2D eigenvalue weighted by Gasteiger charge is -2.07. The highest BCUT2D eigenvalue weighted by Gasteiger charge is 2.19. The second-order valence-corrected chi connectivity index (χ2v) is 5.39. The molecule has 1 aliphatic heterocycles. The molecule has 1 N–H and O–H groups in total. The number of hydrazone groups is 1. The van der Waals surface area contributed by atoms with Gasteiger partial charge < -0.3 is 9.47 Å². The van der Waals surface area contributed by atoms with Crippen LogP contribution in [0, 0.1) is 20.2 Å². The lowest BCUT2D eigenvalue weighted by molar-refractivity contribution is -0.393. The maximum atomic E-state index is 11.1. The van der Waals surface area contributed by atoms with Crippen molar-refractivity contribution >= 4 is 23.3 Å². The summed E-state index contributed by atoms with van der Waals surface area (Å²) in [6.07, 6.45) is 2.24. The molecule has 2 aromatic carbocycles. The molecule has 0 radical (unpaired) electrons. The van der Waals surface area contributed by atoms with E-state index in [4.69, 9.17) is 9.47 Å². The van der Waals surface area contributed by atoms with E-state index in [0.29, 0.717) is 17.9 Å². The molecule has 1 heterocycles. The molecule has 0 fully saturated rings. The van der Waals surface area contributed by atoms with Crippen LogP contribution in [0.3, 0.4) is 0 Å². The number of nitro benzene ring substituents is 2. The van der Waals surface area contributed by atoms with Gasteiger partial charge in [-0.05, 0) is 18.2 Å². The number of hydrogen-bond acceptors (Lipinski definition) is 8. The zero-order chi connectivity index (χ0) is 18.7. The highest BCUT2D eigenvalue weighted by atomic mass is 16.6. The molecule has 0 saturated heterocycles. The minimum Gasteiger partial charge on any atom is -0.496 e. The van der Waals surface area contributed by atoms with Crippen molar-refractivity contribution < 1.29 is 19.3 Å². The third-order valence-corrected chi connectivity index (χ3v) is 3.82. The number of ether oxygens (including phenoxy) is 2. The van der Waals surface area contributed by atoms with Gasteiger partial charge in [-0.1, -0.05) is 0 Å². The molecule has 10 heteroatoms. The van der Waals surface area contributed by atoms with Crippen molar-refractivity contribution in [1.82, 2.24) is 0 Å². The van der Waals surface area contributed by atoms with E-state index in [2.05, 4.69) is 10.5 Å². The number of nitrogens with one attached hydrogen (secondary N) is 1. The number of methoxy groups -OCH3 is 1. The van der Waals surface area contributed by atoms with Crippen LogP contribution < -0.4 is 14.9 Å². The van der Waals surface area contributed by atoms with Gasteiger partial charge in [-0.3, -0.25) is 25.7 Å². The third kappa shape index (κ3) is 3.38. The first-order chi connectivity index (χ1) is 12.5. The standard InChI is InChI=1S/C16H14N4O6/c1-25-15-6-10-4-5-26-16(10)7-11(15)9-17-18-13-3-2-12(19(21)22)8-14(13)20(23)24/h2-3,6-9,18H,4-5H2,1H3. The van der Waals surface area contributed by atoms with Gasteiger partial charge >= 0.3 is 5.69 Å². The molecule has 0 aromatic heterocycles. The van der Waals surface area contributed by atoms with Crippen molar-refractivity contribution in [3.63, 3.8) is 0 Å². The van der Waals surface area contributed by atoms with Gasteiger partial charge in [-0.15, -0.1) is 0 Å². The lowest BCUT2D eigenvalue weighted by Crippen LogP contribution is -1.99. The molecule has 134 valence electrons. The quantitative estimate of drug-likeness (QED) is 0.477. The Hall–Kier alpha value is -3.69. The summed E-state index contributed by atoms with van der Waals surface area (Å²) in [5, 5.41) is 25.8. The highest BCUT2D eigenvalue weighted by molar-refractivity contribution is 5.85. The molecule has 0 spiro atoms. The second-order valence-electron chi connectivity index (χ2n) is 5.39. The molecule has 10 nitrogen and oxygen atoms in total.